The molecule has 0 amide bonds. The van der Waals surface area contributed by atoms with Crippen LogP contribution in [0, 0.1) is 0 Å². The fourth-order valence-electron chi connectivity index (χ4n) is 1.44. The van der Waals surface area contributed by atoms with Crippen LogP contribution in [-0.2, 0) is 6.54 Å². The molecule has 0 saturated heterocycles. The van der Waals surface area contributed by atoms with Crippen molar-refractivity contribution in [3.05, 3.63) is 51.6 Å². The lowest BCUT2D eigenvalue weighted by Crippen LogP contribution is -2.04. The van der Waals surface area contributed by atoms with Crippen molar-refractivity contribution in [2.24, 2.45) is 0 Å². The second-order valence-electron chi connectivity index (χ2n) is 3.57. The van der Waals surface area contributed by atoms with E-state index in [1.54, 1.807) is 12.3 Å². The quantitative estimate of drug-likeness (QED) is 0.908. The van der Waals surface area contributed by atoms with Gasteiger partial charge in [-0.3, -0.25) is 0 Å². The number of nitrogens with one attached hydrogen (secondary N) is 1. The van der Waals surface area contributed by atoms with Crippen LogP contribution in [0.2, 0.25) is 5.02 Å². The smallest absolute Gasteiger partial charge is 0.149 e. The number of hydrogen-bond donors (Lipinski definition) is 2. The van der Waals surface area contributed by atoms with Gasteiger partial charge in [0.1, 0.15) is 5.82 Å². The third-order valence-corrected chi connectivity index (χ3v) is 2.93. The lowest BCUT2D eigenvalue weighted by Gasteiger charge is -2.08. The van der Waals surface area contributed by atoms with Crippen LogP contribution in [-0.4, -0.2) is 4.98 Å². The molecule has 0 atom stereocenters. The maximum absolute atomic E-state index is 5.80. The van der Waals surface area contributed by atoms with Gasteiger partial charge in [-0.25, -0.2) is 4.98 Å². The number of rotatable bonds is 3. The van der Waals surface area contributed by atoms with E-state index in [0.29, 0.717) is 23.1 Å². The van der Waals surface area contributed by atoms with Crippen LogP contribution in [0.5, 0.6) is 0 Å². The summed E-state index contributed by atoms with van der Waals surface area (Å²) in [7, 11) is 0. The van der Waals surface area contributed by atoms with Crippen molar-refractivity contribution in [2.75, 3.05) is 11.1 Å². The Morgan fingerprint density at radius 3 is 2.88 bits per heavy atom. The van der Waals surface area contributed by atoms with E-state index in [4.69, 9.17) is 17.3 Å². The van der Waals surface area contributed by atoms with Crippen molar-refractivity contribution >= 4 is 39.0 Å². The van der Waals surface area contributed by atoms with Gasteiger partial charge in [0.2, 0.25) is 0 Å². The first-order valence-corrected chi connectivity index (χ1v) is 6.21. The van der Waals surface area contributed by atoms with Gasteiger partial charge in [0, 0.05) is 17.2 Å². The van der Waals surface area contributed by atoms with Crippen LogP contribution < -0.4 is 11.1 Å². The van der Waals surface area contributed by atoms with Crippen molar-refractivity contribution in [1.82, 2.24) is 4.98 Å². The first kappa shape index (κ1) is 12.2. The Balaban J connectivity index is 2.07. The number of nitrogens with two attached hydrogens (primary N) is 1. The zero-order chi connectivity index (χ0) is 12.3. The summed E-state index contributed by atoms with van der Waals surface area (Å²) in [6, 6.07) is 9.72. The van der Waals surface area contributed by atoms with Gasteiger partial charge in [-0.2, -0.15) is 0 Å². The second kappa shape index (κ2) is 5.38. The Morgan fingerprint density at radius 1 is 1.35 bits per heavy atom. The Labute approximate surface area is 113 Å². The maximum atomic E-state index is 5.80. The number of nitrogen functional groups attached to an aromatic ring is 1. The summed E-state index contributed by atoms with van der Waals surface area (Å²) in [5.74, 6) is 0.648. The van der Waals surface area contributed by atoms with Crippen LogP contribution in [0.25, 0.3) is 0 Å². The molecule has 3 nitrogen and oxygen atoms in total. The Kier molecular flexibility index (Phi) is 3.86. The minimum Gasteiger partial charge on any atom is -0.396 e. The van der Waals surface area contributed by atoms with Crippen LogP contribution in [0.3, 0.4) is 0 Å². The molecule has 0 bridgehead atoms. The molecular formula is C12H11BrClN3. The van der Waals surface area contributed by atoms with Gasteiger partial charge < -0.3 is 11.1 Å². The Bertz CT molecular complexity index is 531. The molecule has 0 saturated carbocycles. The van der Waals surface area contributed by atoms with Gasteiger partial charge in [0.25, 0.3) is 0 Å². The van der Waals surface area contributed by atoms with Crippen molar-refractivity contribution in [1.29, 1.82) is 0 Å². The predicted octanol–water partition coefficient (Wildman–Crippen LogP) is 3.69. The highest BCUT2D eigenvalue weighted by atomic mass is 79.9. The van der Waals surface area contributed by atoms with E-state index in [-0.39, 0.29) is 0 Å². The molecule has 0 unspecified atom stereocenters. The third-order valence-electron chi connectivity index (χ3n) is 2.23. The Hall–Kier alpha value is -1.26. The summed E-state index contributed by atoms with van der Waals surface area (Å²) in [5.41, 5.74) is 7.49. The van der Waals surface area contributed by atoms with Crippen molar-refractivity contribution in [3.63, 3.8) is 0 Å². The van der Waals surface area contributed by atoms with Gasteiger partial charge >= 0.3 is 0 Å². The normalized spacial score (nSPS) is 10.2. The highest BCUT2D eigenvalue weighted by Crippen LogP contribution is 2.20. The molecule has 0 spiro atoms. The monoisotopic (exact) mass is 311 g/mol. The van der Waals surface area contributed by atoms with E-state index in [2.05, 4.69) is 26.2 Å². The fourth-order valence-corrected chi connectivity index (χ4v) is 2.05. The van der Waals surface area contributed by atoms with E-state index in [1.165, 1.54) is 0 Å². The first-order valence-electron chi connectivity index (χ1n) is 5.04. The number of hydrogen-bond acceptors (Lipinski definition) is 3. The summed E-state index contributed by atoms with van der Waals surface area (Å²) in [5, 5.41) is 3.71. The van der Waals surface area contributed by atoms with Crippen molar-refractivity contribution < 1.29 is 0 Å². The number of benzene rings is 1. The third kappa shape index (κ3) is 3.35. The average molecular weight is 313 g/mol. The van der Waals surface area contributed by atoms with E-state index >= 15 is 0 Å². The largest absolute Gasteiger partial charge is 0.396 e. The number of halogens is 2. The lowest BCUT2D eigenvalue weighted by atomic mass is 10.2. The zero-order valence-corrected chi connectivity index (χ0v) is 11.3. The molecule has 0 fully saturated rings. The molecule has 5 heteroatoms. The topological polar surface area (TPSA) is 50.9 Å². The number of pyridine rings is 1. The highest BCUT2D eigenvalue weighted by Gasteiger charge is 2.01. The summed E-state index contributed by atoms with van der Waals surface area (Å²) >= 11 is 9.21. The average Bonchev–Trinajstić information content (AvgIpc) is 2.28. The molecule has 1 heterocycles. The lowest BCUT2D eigenvalue weighted by molar-refractivity contribution is 1.11. The van der Waals surface area contributed by atoms with Gasteiger partial charge in [-0.15, -0.1) is 0 Å². The van der Waals surface area contributed by atoms with Crippen LogP contribution in [0.15, 0.2) is 41.0 Å². The van der Waals surface area contributed by atoms with Crippen molar-refractivity contribution in [3.8, 4) is 0 Å². The molecule has 0 aliphatic heterocycles. The van der Waals surface area contributed by atoms with Gasteiger partial charge in [-0.1, -0.05) is 39.7 Å². The summed E-state index contributed by atoms with van der Waals surface area (Å²) in [4.78, 5) is 4.14. The number of anilines is 2. The fraction of sp³-hybridized carbons (Fsp3) is 0.0833. The SMILES string of the molecule is Nc1cc(Cl)cnc1NCc1cccc(Br)c1. The molecular weight excluding hydrogens is 302 g/mol. The molecule has 1 aromatic heterocycles. The number of nitrogens with zero attached hydrogens (tertiary/aromatic N) is 1. The van der Waals surface area contributed by atoms with Gasteiger partial charge in [0.05, 0.1) is 10.7 Å². The maximum Gasteiger partial charge on any atom is 0.149 e. The number of aromatic nitrogens is 1. The molecule has 0 aliphatic carbocycles. The minimum absolute atomic E-state index is 0.538. The van der Waals surface area contributed by atoms with Crippen molar-refractivity contribution in [2.45, 2.75) is 6.54 Å². The second-order valence-corrected chi connectivity index (χ2v) is 4.93. The molecule has 17 heavy (non-hydrogen) atoms. The minimum atomic E-state index is 0.538. The molecule has 0 radical (unpaired) electrons. The Morgan fingerprint density at radius 2 is 2.18 bits per heavy atom. The van der Waals surface area contributed by atoms with Crippen LogP contribution in [0.4, 0.5) is 11.5 Å². The zero-order valence-electron chi connectivity index (χ0n) is 8.95. The highest BCUT2D eigenvalue weighted by molar-refractivity contribution is 9.10. The molecule has 2 rings (SSSR count). The van der Waals surface area contributed by atoms with E-state index in [9.17, 15) is 0 Å². The van der Waals surface area contributed by atoms with E-state index in [1.807, 2.05) is 24.3 Å². The standard InChI is InChI=1S/C12H11BrClN3/c13-9-3-1-2-8(4-9)6-16-12-11(15)5-10(14)7-17-12/h1-5,7H,6,15H2,(H,16,17). The van der Waals surface area contributed by atoms with E-state index in [0.717, 1.165) is 10.0 Å². The van der Waals surface area contributed by atoms with Crippen LogP contribution >= 0.6 is 27.5 Å². The summed E-state index contributed by atoms with van der Waals surface area (Å²) in [6.45, 7) is 0.665. The molecule has 88 valence electrons. The van der Waals surface area contributed by atoms with Crippen LogP contribution in [0.1, 0.15) is 5.56 Å². The predicted molar refractivity (Wildman–Crippen MR) is 75.1 cm³/mol. The van der Waals surface area contributed by atoms with Gasteiger partial charge in [0.15, 0.2) is 0 Å². The molecule has 2 aromatic rings. The van der Waals surface area contributed by atoms with E-state index < -0.39 is 0 Å². The molecule has 1 aromatic carbocycles. The summed E-state index contributed by atoms with van der Waals surface area (Å²) < 4.78 is 1.05. The molecule has 3 N–H and O–H groups in total. The van der Waals surface area contributed by atoms with Gasteiger partial charge in [-0.05, 0) is 23.8 Å². The summed E-state index contributed by atoms with van der Waals surface area (Å²) in [6.07, 6.45) is 1.57. The first-order chi connectivity index (χ1) is 8.15. The molecule has 0 aliphatic rings.